The van der Waals surface area contributed by atoms with Crippen LogP contribution in [0, 0.1) is 17.8 Å². The zero-order valence-corrected chi connectivity index (χ0v) is 21.6. The van der Waals surface area contributed by atoms with Crippen LogP contribution in [0.15, 0.2) is 23.3 Å². The molecule has 10 heteroatoms. The normalized spacial score (nSPS) is 21.1. The quantitative estimate of drug-likeness (QED) is 0.459. The van der Waals surface area contributed by atoms with Crippen LogP contribution in [0.1, 0.15) is 55.8 Å². The minimum absolute atomic E-state index is 0.0657. The fourth-order valence-electron chi connectivity index (χ4n) is 5.09. The first-order valence-electron chi connectivity index (χ1n) is 13.1. The molecule has 0 radical (unpaired) electrons. The van der Waals surface area contributed by atoms with Crippen molar-refractivity contribution in [3.8, 4) is 5.88 Å². The molecule has 0 atom stereocenters. The van der Waals surface area contributed by atoms with Gasteiger partial charge in [-0.3, -0.25) is 4.79 Å². The summed E-state index contributed by atoms with van der Waals surface area (Å²) in [6, 6.07) is 3.64. The minimum atomic E-state index is -2.88. The van der Waals surface area contributed by atoms with Gasteiger partial charge in [0.1, 0.15) is 0 Å². The average molecular weight is 520 g/mol. The molecule has 3 heterocycles. The van der Waals surface area contributed by atoms with E-state index < -0.39 is 18.5 Å². The zero-order valence-electron chi connectivity index (χ0n) is 21.6. The molecular weight excluding hydrogens is 483 g/mol. The number of alkyl halides is 2. The average Bonchev–Trinajstić information content (AvgIpc) is 3.06. The van der Waals surface area contributed by atoms with E-state index in [1.165, 1.54) is 18.8 Å². The molecule has 202 valence electrons. The van der Waals surface area contributed by atoms with Gasteiger partial charge in [-0.1, -0.05) is 6.07 Å². The number of hydrogen-bond acceptors (Lipinski definition) is 5. The lowest BCUT2D eigenvalue weighted by Gasteiger charge is -2.28. The van der Waals surface area contributed by atoms with Crippen molar-refractivity contribution in [2.24, 2.45) is 23.9 Å². The van der Waals surface area contributed by atoms with Gasteiger partial charge in [0.15, 0.2) is 6.61 Å². The molecule has 0 saturated heterocycles. The number of fused-ring (bicyclic) bond motifs is 1. The molecule has 0 unspecified atom stereocenters. The van der Waals surface area contributed by atoms with E-state index in [-0.39, 0.29) is 23.8 Å². The van der Waals surface area contributed by atoms with Gasteiger partial charge in [0.05, 0.1) is 12.6 Å². The monoisotopic (exact) mass is 519 g/mol. The molecule has 0 bridgehead atoms. The number of aryl methyl sites for hydroxylation is 1. The van der Waals surface area contributed by atoms with Crippen LogP contribution < -0.4 is 4.74 Å². The number of nitrogens with zero attached hydrogens (tertiary/aromatic N) is 5. The van der Waals surface area contributed by atoms with E-state index in [0.29, 0.717) is 11.8 Å². The van der Waals surface area contributed by atoms with Crippen LogP contribution in [0.2, 0.25) is 0 Å². The van der Waals surface area contributed by atoms with Crippen LogP contribution in [0.25, 0.3) is 0 Å². The third-order valence-electron chi connectivity index (χ3n) is 7.33. The van der Waals surface area contributed by atoms with Gasteiger partial charge < -0.3 is 9.64 Å². The summed E-state index contributed by atoms with van der Waals surface area (Å²) in [5.41, 5.74) is 2.38. The van der Waals surface area contributed by atoms with Crippen LogP contribution in [0.4, 0.5) is 13.2 Å². The molecule has 0 N–H and O–H groups in total. The molecular formula is C27H36F3N5O2. The molecule has 0 aromatic carbocycles. The topological polar surface area (TPSA) is 72.6 Å². The van der Waals surface area contributed by atoms with Crippen molar-refractivity contribution in [3.63, 3.8) is 0 Å². The Kier molecular flexibility index (Phi) is 9.00. The molecule has 0 spiro atoms. The van der Waals surface area contributed by atoms with Crippen molar-refractivity contribution >= 4 is 12.1 Å². The Morgan fingerprint density at radius 3 is 2.68 bits per heavy atom. The Bertz CT molecular complexity index is 1090. The standard InChI is InChI=1S/C27H36F3N5O2/c1-27(29,30)18-37-25-8-7-21-10-13-35(14-11-23(21)33-25)12-9-19-3-5-20(6-4-19)16-31-24(36)15-22-17-32-34(2)26(22)28/h7-8,16-17,19-20H,3-6,9-15,18H2,1-2H3/b31-16-. The highest BCUT2D eigenvalue weighted by Gasteiger charge is 2.24. The molecule has 2 aromatic rings. The largest absolute Gasteiger partial charge is 0.471 e. The number of hydrogen-bond donors (Lipinski definition) is 0. The summed E-state index contributed by atoms with van der Waals surface area (Å²) >= 11 is 0. The minimum Gasteiger partial charge on any atom is -0.471 e. The molecule has 2 aliphatic rings. The SMILES string of the molecule is Cn1ncc(CC(=O)/N=C\C2CCC(CCN3CCc4ccc(OCC(C)(F)F)nc4CC3)CC2)c1F. The van der Waals surface area contributed by atoms with Gasteiger partial charge in [0.25, 0.3) is 5.92 Å². The summed E-state index contributed by atoms with van der Waals surface area (Å²) in [5.74, 6) is -2.50. The summed E-state index contributed by atoms with van der Waals surface area (Å²) in [4.78, 5) is 23.1. The molecule has 7 nitrogen and oxygen atoms in total. The third kappa shape index (κ3) is 8.12. The highest BCUT2D eigenvalue weighted by Crippen LogP contribution is 2.30. The Balaban J connectivity index is 1.16. The molecule has 37 heavy (non-hydrogen) atoms. The van der Waals surface area contributed by atoms with E-state index >= 15 is 0 Å². The second-order valence-electron chi connectivity index (χ2n) is 10.5. The van der Waals surface area contributed by atoms with Gasteiger partial charge in [-0.25, -0.2) is 23.4 Å². The van der Waals surface area contributed by atoms with Crippen molar-refractivity contribution in [2.45, 2.75) is 64.2 Å². The Labute approximate surface area is 216 Å². The molecule has 4 rings (SSSR count). The maximum Gasteiger partial charge on any atom is 0.278 e. The van der Waals surface area contributed by atoms with Crippen LogP contribution >= 0.6 is 0 Å². The van der Waals surface area contributed by atoms with E-state index in [2.05, 4.69) is 20.0 Å². The fourth-order valence-corrected chi connectivity index (χ4v) is 5.09. The first kappa shape index (κ1) is 27.3. The van der Waals surface area contributed by atoms with E-state index in [1.807, 2.05) is 6.07 Å². The number of pyridine rings is 1. The predicted molar refractivity (Wildman–Crippen MR) is 135 cm³/mol. The highest BCUT2D eigenvalue weighted by atomic mass is 19.3. The maximum atomic E-state index is 13.8. The zero-order chi connectivity index (χ0) is 26.4. The second-order valence-corrected chi connectivity index (χ2v) is 10.5. The highest BCUT2D eigenvalue weighted by molar-refractivity contribution is 5.87. The van der Waals surface area contributed by atoms with Gasteiger partial charge in [-0.05, 0) is 62.5 Å². The van der Waals surface area contributed by atoms with Crippen molar-refractivity contribution in [2.75, 3.05) is 26.2 Å². The summed E-state index contributed by atoms with van der Waals surface area (Å²) in [6.07, 6.45) is 10.1. The number of aliphatic imine (C=N–C) groups is 1. The number of rotatable bonds is 9. The summed E-state index contributed by atoms with van der Waals surface area (Å²) in [7, 11) is 1.50. The fraction of sp³-hybridized carbons (Fsp3) is 0.630. The van der Waals surface area contributed by atoms with Crippen molar-refractivity contribution in [3.05, 3.63) is 41.1 Å². The van der Waals surface area contributed by atoms with E-state index in [1.54, 1.807) is 12.3 Å². The maximum absolute atomic E-state index is 13.8. The smallest absolute Gasteiger partial charge is 0.278 e. The van der Waals surface area contributed by atoms with Crippen LogP contribution in [0.3, 0.4) is 0 Å². The molecule has 1 aliphatic heterocycles. The second kappa shape index (κ2) is 12.2. The van der Waals surface area contributed by atoms with Gasteiger partial charge in [-0.2, -0.15) is 9.49 Å². The van der Waals surface area contributed by atoms with Crippen molar-refractivity contribution < 1.29 is 22.7 Å². The Morgan fingerprint density at radius 1 is 1.22 bits per heavy atom. The Morgan fingerprint density at radius 2 is 1.97 bits per heavy atom. The van der Waals surface area contributed by atoms with Crippen LogP contribution in [0.5, 0.6) is 5.88 Å². The lowest BCUT2D eigenvalue weighted by Crippen LogP contribution is -2.29. The number of ether oxygens (including phenoxy) is 1. The van der Waals surface area contributed by atoms with Gasteiger partial charge >= 0.3 is 0 Å². The lowest BCUT2D eigenvalue weighted by molar-refractivity contribution is -0.117. The summed E-state index contributed by atoms with van der Waals surface area (Å²) in [6.45, 7) is 3.06. The van der Waals surface area contributed by atoms with E-state index in [0.717, 1.165) is 81.9 Å². The van der Waals surface area contributed by atoms with Gasteiger partial charge in [0, 0.05) is 57.0 Å². The molecule has 1 amide bonds. The van der Waals surface area contributed by atoms with Gasteiger partial charge in [0.2, 0.25) is 17.7 Å². The number of carbonyl (C=O) groups excluding carboxylic acids is 1. The Hall–Kier alpha value is -2.75. The molecule has 1 aliphatic carbocycles. The number of halogens is 3. The first-order valence-corrected chi connectivity index (χ1v) is 13.1. The van der Waals surface area contributed by atoms with Crippen molar-refractivity contribution in [1.82, 2.24) is 19.7 Å². The summed E-state index contributed by atoms with van der Waals surface area (Å²) in [5, 5.41) is 3.82. The van der Waals surface area contributed by atoms with Crippen LogP contribution in [-0.4, -0.2) is 63.9 Å². The number of carbonyl (C=O) groups is 1. The van der Waals surface area contributed by atoms with Gasteiger partial charge in [-0.15, -0.1) is 0 Å². The first-order chi connectivity index (χ1) is 17.7. The molecule has 1 saturated carbocycles. The van der Waals surface area contributed by atoms with Crippen molar-refractivity contribution in [1.29, 1.82) is 0 Å². The number of aromatic nitrogens is 3. The van der Waals surface area contributed by atoms with E-state index in [4.69, 9.17) is 4.74 Å². The predicted octanol–water partition coefficient (Wildman–Crippen LogP) is 4.43. The molecule has 2 aromatic heterocycles. The third-order valence-corrected chi connectivity index (χ3v) is 7.33. The lowest BCUT2D eigenvalue weighted by atomic mass is 9.81. The molecule has 1 fully saturated rings. The number of amides is 1. The summed E-state index contributed by atoms with van der Waals surface area (Å²) < 4.78 is 46.3. The van der Waals surface area contributed by atoms with Crippen LogP contribution in [-0.2, 0) is 31.1 Å². The van der Waals surface area contributed by atoms with E-state index in [9.17, 15) is 18.0 Å².